The summed E-state index contributed by atoms with van der Waals surface area (Å²) in [6, 6.07) is 20.3. The fraction of sp³-hybridized carbons (Fsp3) is 0.261. The van der Waals surface area contributed by atoms with E-state index in [0.717, 1.165) is 28.3 Å². The minimum absolute atomic E-state index is 0.184. The Morgan fingerprint density at radius 2 is 1.67 bits per heavy atom. The third-order valence-electron chi connectivity index (χ3n) is 4.45. The van der Waals surface area contributed by atoms with Crippen LogP contribution in [0, 0.1) is 5.92 Å². The molecule has 0 atom stereocenters. The number of amides is 2. The SMILES string of the molecule is CC(C)CN(Cc1ccc(OS(C)(=O)=O)cc1)C(=O)Nc1cccc2ccccc12. The number of benzene rings is 3. The van der Waals surface area contributed by atoms with Crippen molar-refractivity contribution in [2.24, 2.45) is 5.92 Å². The van der Waals surface area contributed by atoms with Crippen LogP contribution >= 0.6 is 0 Å². The quantitative estimate of drug-likeness (QED) is 0.547. The van der Waals surface area contributed by atoms with Gasteiger partial charge >= 0.3 is 16.1 Å². The molecule has 0 heterocycles. The lowest BCUT2D eigenvalue weighted by Gasteiger charge is -2.25. The molecule has 3 rings (SSSR count). The number of rotatable bonds is 7. The molecule has 0 bridgehead atoms. The van der Waals surface area contributed by atoms with Crippen molar-refractivity contribution in [2.75, 3.05) is 18.1 Å². The summed E-state index contributed by atoms with van der Waals surface area (Å²) in [5.74, 6) is 0.535. The fourth-order valence-electron chi connectivity index (χ4n) is 3.23. The van der Waals surface area contributed by atoms with Crippen molar-refractivity contribution in [3.05, 3.63) is 72.3 Å². The molecular weight excluding hydrogens is 400 g/mol. The van der Waals surface area contributed by atoms with Gasteiger partial charge in [0.25, 0.3) is 0 Å². The summed E-state index contributed by atoms with van der Waals surface area (Å²) in [7, 11) is -3.57. The maximum absolute atomic E-state index is 13.1. The summed E-state index contributed by atoms with van der Waals surface area (Å²) in [4.78, 5) is 14.8. The van der Waals surface area contributed by atoms with Crippen LogP contribution in [0.4, 0.5) is 10.5 Å². The first-order chi connectivity index (χ1) is 14.2. The Hall–Kier alpha value is -3.06. The van der Waals surface area contributed by atoms with Gasteiger partial charge in [0.05, 0.1) is 11.9 Å². The number of fused-ring (bicyclic) bond motifs is 1. The lowest BCUT2D eigenvalue weighted by molar-refractivity contribution is 0.201. The van der Waals surface area contributed by atoms with Gasteiger partial charge in [0, 0.05) is 18.5 Å². The first-order valence-corrected chi connectivity index (χ1v) is 11.5. The van der Waals surface area contributed by atoms with Gasteiger partial charge in [-0.1, -0.05) is 62.4 Å². The number of carbonyl (C=O) groups excluding carboxylic acids is 1. The number of nitrogens with zero attached hydrogens (tertiary/aromatic N) is 1. The van der Waals surface area contributed by atoms with Crippen molar-refractivity contribution < 1.29 is 17.4 Å². The van der Waals surface area contributed by atoms with Crippen LogP contribution in [0.15, 0.2) is 66.7 Å². The molecule has 0 saturated carbocycles. The highest BCUT2D eigenvalue weighted by Crippen LogP contribution is 2.24. The Bertz CT molecular complexity index is 1120. The Morgan fingerprint density at radius 1 is 1.00 bits per heavy atom. The van der Waals surface area contributed by atoms with Gasteiger partial charge in [-0.15, -0.1) is 0 Å². The smallest absolute Gasteiger partial charge is 0.322 e. The zero-order valence-corrected chi connectivity index (χ0v) is 18.1. The van der Waals surface area contributed by atoms with Crippen molar-refractivity contribution in [3.8, 4) is 5.75 Å². The van der Waals surface area contributed by atoms with E-state index >= 15 is 0 Å². The Labute approximate surface area is 177 Å². The van der Waals surface area contributed by atoms with Gasteiger partial charge in [-0.2, -0.15) is 8.42 Å². The maximum atomic E-state index is 13.1. The highest BCUT2D eigenvalue weighted by atomic mass is 32.2. The van der Waals surface area contributed by atoms with Crippen LogP contribution in [0.1, 0.15) is 19.4 Å². The van der Waals surface area contributed by atoms with Gasteiger partial charge in [-0.05, 0) is 35.1 Å². The summed E-state index contributed by atoms with van der Waals surface area (Å²) in [6.45, 7) is 5.09. The predicted octanol–water partition coefficient (Wildman–Crippen LogP) is 4.87. The standard InChI is InChI=1S/C23H26N2O4S/c1-17(2)15-25(16-18-11-13-20(14-12-18)29-30(3,27)28)23(26)24-22-10-6-8-19-7-4-5-9-21(19)22/h4-14,17H,15-16H2,1-3H3,(H,24,26). The van der Waals surface area contributed by atoms with Gasteiger partial charge in [0.15, 0.2) is 0 Å². The Kier molecular flexibility index (Phi) is 6.62. The topological polar surface area (TPSA) is 75.7 Å². The van der Waals surface area contributed by atoms with Gasteiger partial charge in [-0.25, -0.2) is 4.79 Å². The third-order valence-corrected chi connectivity index (χ3v) is 4.94. The number of carbonyl (C=O) groups is 1. The lowest BCUT2D eigenvalue weighted by atomic mass is 10.1. The van der Waals surface area contributed by atoms with E-state index < -0.39 is 10.1 Å². The van der Waals surface area contributed by atoms with E-state index in [1.165, 1.54) is 0 Å². The highest BCUT2D eigenvalue weighted by molar-refractivity contribution is 7.86. The average Bonchev–Trinajstić information content (AvgIpc) is 2.68. The normalized spacial score (nSPS) is 11.5. The molecule has 0 fully saturated rings. The summed E-state index contributed by atoms with van der Waals surface area (Å²) < 4.78 is 27.4. The van der Waals surface area contributed by atoms with Crippen LogP contribution in [0.5, 0.6) is 5.75 Å². The van der Waals surface area contributed by atoms with Crippen molar-refractivity contribution >= 4 is 32.6 Å². The summed E-state index contributed by atoms with van der Waals surface area (Å²) in [5, 5.41) is 5.08. The molecule has 1 N–H and O–H groups in total. The first-order valence-electron chi connectivity index (χ1n) is 9.73. The average molecular weight is 427 g/mol. The van der Waals surface area contributed by atoms with Gasteiger partial charge in [0.2, 0.25) is 0 Å². The number of nitrogens with one attached hydrogen (secondary N) is 1. The summed E-state index contributed by atoms with van der Waals surface area (Å²) >= 11 is 0. The predicted molar refractivity (Wildman–Crippen MR) is 120 cm³/mol. The maximum Gasteiger partial charge on any atom is 0.322 e. The Morgan fingerprint density at radius 3 is 2.33 bits per heavy atom. The lowest BCUT2D eigenvalue weighted by Crippen LogP contribution is -2.37. The number of urea groups is 1. The number of hydrogen-bond donors (Lipinski definition) is 1. The molecule has 0 radical (unpaired) electrons. The molecule has 0 aliphatic heterocycles. The molecule has 6 nitrogen and oxygen atoms in total. The second-order valence-electron chi connectivity index (χ2n) is 7.66. The van der Waals surface area contributed by atoms with E-state index in [9.17, 15) is 13.2 Å². The van der Waals surface area contributed by atoms with Crippen molar-refractivity contribution in [1.29, 1.82) is 0 Å². The first kappa shape index (κ1) is 21.6. The number of hydrogen-bond acceptors (Lipinski definition) is 4. The highest BCUT2D eigenvalue weighted by Gasteiger charge is 2.17. The van der Waals surface area contributed by atoms with Gasteiger partial charge in [-0.3, -0.25) is 0 Å². The monoisotopic (exact) mass is 426 g/mol. The largest absolute Gasteiger partial charge is 0.383 e. The molecular formula is C23H26N2O4S. The van der Waals surface area contributed by atoms with Crippen LogP contribution in [0.25, 0.3) is 10.8 Å². The minimum atomic E-state index is -3.57. The van der Waals surface area contributed by atoms with Crippen molar-refractivity contribution in [2.45, 2.75) is 20.4 Å². The van der Waals surface area contributed by atoms with E-state index in [2.05, 4.69) is 19.2 Å². The molecule has 0 aliphatic rings. The van der Waals surface area contributed by atoms with Crippen LogP contribution in [-0.2, 0) is 16.7 Å². The van der Waals surface area contributed by atoms with E-state index in [1.54, 1.807) is 29.2 Å². The molecule has 30 heavy (non-hydrogen) atoms. The van der Waals surface area contributed by atoms with Gasteiger partial charge in [0.1, 0.15) is 5.75 Å². The molecule has 158 valence electrons. The van der Waals surface area contributed by atoms with Crippen molar-refractivity contribution in [1.82, 2.24) is 4.90 Å². The minimum Gasteiger partial charge on any atom is -0.383 e. The van der Waals surface area contributed by atoms with Crippen molar-refractivity contribution in [3.63, 3.8) is 0 Å². The summed E-state index contributed by atoms with van der Waals surface area (Å²) in [6.07, 6.45) is 1.00. The second-order valence-corrected chi connectivity index (χ2v) is 9.24. The van der Waals surface area contributed by atoms with Crippen LogP contribution < -0.4 is 9.50 Å². The molecule has 0 aromatic heterocycles. The van der Waals surface area contributed by atoms with E-state index in [1.807, 2.05) is 42.5 Å². The Balaban J connectivity index is 1.77. The second kappa shape index (κ2) is 9.17. The zero-order valence-electron chi connectivity index (χ0n) is 17.3. The van der Waals surface area contributed by atoms with E-state index in [0.29, 0.717) is 13.1 Å². The molecule has 2 amide bonds. The van der Waals surface area contributed by atoms with Gasteiger partial charge < -0.3 is 14.4 Å². The molecule has 0 aliphatic carbocycles. The van der Waals surface area contributed by atoms with Crippen LogP contribution in [0.3, 0.4) is 0 Å². The summed E-state index contributed by atoms with van der Waals surface area (Å²) in [5.41, 5.74) is 1.65. The van der Waals surface area contributed by atoms with E-state index in [-0.39, 0.29) is 17.7 Å². The third kappa shape index (κ3) is 5.97. The molecule has 3 aromatic carbocycles. The van der Waals surface area contributed by atoms with Crippen LogP contribution in [-0.4, -0.2) is 32.1 Å². The molecule has 0 spiro atoms. The number of anilines is 1. The molecule has 3 aromatic rings. The molecule has 0 saturated heterocycles. The van der Waals surface area contributed by atoms with Crippen LogP contribution in [0.2, 0.25) is 0 Å². The molecule has 0 unspecified atom stereocenters. The van der Waals surface area contributed by atoms with E-state index in [4.69, 9.17) is 4.18 Å². The zero-order chi connectivity index (χ0) is 21.7. The fourth-order valence-corrected chi connectivity index (χ4v) is 3.70. The molecule has 7 heteroatoms.